The van der Waals surface area contributed by atoms with Crippen molar-refractivity contribution in [3.8, 4) is 16.5 Å². The van der Waals surface area contributed by atoms with E-state index in [1.165, 1.54) is 11.8 Å². The van der Waals surface area contributed by atoms with Gasteiger partial charge < -0.3 is 14.6 Å². The Hall–Kier alpha value is -2.85. The van der Waals surface area contributed by atoms with Crippen LogP contribution in [0.25, 0.3) is 10.7 Å². The lowest BCUT2D eigenvalue weighted by Crippen LogP contribution is -2.35. The van der Waals surface area contributed by atoms with Gasteiger partial charge in [-0.1, -0.05) is 17.8 Å². The molecule has 0 aliphatic rings. The largest absolute Gasteiger partial charge is 0.497 e. The number of ether oxygens (including phenoxy) is 1. The SMILES string of the molecule is CCn1c(SCC(=O)NC(=O)Nc2ccc(OC)cc2)nnc1-c1cccs1. The number of methoxy groups -OCH3 is 1. The summed E-state index contributed by atoms with van der Waals surface area (Å²) in [6.45, 7) is 2.68. The van der Waals surface area contributed by atoms with Crippen molar-refractivity contribution in [3.05, 3.63) is 41.8 Å². The van der Waals surface area contributed by atoms with E-state index in [2.05, 4.69) is 20.8 Å². The number of nitrogens with zero attached hydrogens (tertiary/aromatic N) is 3. The molecular formula is C18H19N5O3S2. The monoisotopic (exact) mass is 417 g/mol. The summed E-state index contributed by atoms with van der Waals surface area (Å²) in [7, 11) is 1.56. The Morgan fingerprint density at radius 2 is 2.00 bits per heavy atom. The van der Waals surface area contributed by atoms with Crippen molar-refractivity contribution in [2.24, 2.45) is 0 Å². The fraction of sp³-hybridized carbons (Fsp3) is 0.222. The second kappa shape index (κ2) is 9.38. The average Bonchev–Trinajstić information content (AvgIpc) is 3.36. The molecule has 1 aromatic carbocycles. The summed E-state index contributed by atoms with van der Waals surface area (Å²) in [5, 5.41) is 15.9. The molecule has 3 aromatic rings. The molecule has 0 aliphatic heterocycles. The molecule has 2 heterocycles. The number of urea groups is 1. The van der Waals surface area contributed by atoms with Crippen LogP contribution in [-0.2, 0) is 11.3 Å². The maximum absolute atomic E-state index is 12.1. The van der Waals surface area contributed by atoms with Crippen molar-refractivity contribution in [3.63, 3.8) is 0 Å². The Kier molecular flexibility index (Phi) is 6.66. The summed E-state index contributed by atoms with van der Waals surface area (Å²) in [5.74, 6) is 1.09. The number of thiophene rings is 1. The lowest BCUT2D eigenvalue weighted by atomic mass is 10.3. The van der Waals surface area contributed by atoms with Crippen LogP contribution in [0.2, 0.25) is 0 Å². The zero-order valence-corrected chi connectivity index (χ0v) is 17.0. The number of benzene rings is 1. The van der Waals surface area contributed by atoms with Crippen LogP contribution >= 0.6 is 23.1 Å². The number of carbonyl (C=O) groups excluding carboxylic acids is 2. The molecule has 28 heavy (non-hydrogen) atoms. The van der Waals surface area contributed by atoms with E-state index in [1.807, 2.05) is 29.0 Å². The second-order valence-corrected chi connectivity index (χ2v) is 7.44. The van der Waals surface area contributed by atoms with E-state index in [0.717, 1.165) is 10.7 Å². The standard InChI is InChI=1S/C18H19N5O3S2/c1-3-23-16(14-5-4-10-27-14)21-22-18(23)28-11-15(24)20-17(25)19-12-6-8-13(26-2)9-7-12/h4-10H,3,11H2,1-2H3,(H2,19,20,24,25). The quantitative estimate of drug-likeness (QED) is 0.571. The highest BCUT2D eigenvalue weighted by Crippen LogP contribution is 2.27. The third-order valence-electron chi connectivity index (χ3n) is 3.71. The Morgan fingerprint density at radius 1 is 1.21 bits per heavy atom. The first kappa shape index (κ1) is 19.9. The van der Waals surface area contributed by atoms with Crippen molar-refractivity contribution < 1.29 is 14.3 Å². The maximum atomic E-state index is 12.1. The summed E-state index contributed by atoms with van der Waals surface area (Å²) in [4.78, 5) is 25.1. The minimum atomic E-state index is -0.591. The first-order valence-electron chi connectivity index (χ1n) is 8.45. The lowest BCUT2D eigenvalue weighted by Gasteiger charge is -2.08. The number of rotatable bonds is 7. The van der Waals surface area contributed by atoms with Crippen molar-refractivity contribution >= 4 is 40.7 Å². The van der Waals surface area contributed by atoms with Crippen LogP contribution in [0.15, 0.2) is 46.9 Å². The normalized spacial score (nSPS) is 10.5. The average molecular weight is 418 g/mol. The number of anilines is 1. The molecule has 0 aliphatic carbocycles. The summed E-state index contributed by atoms with van der Waals surface area (Å²) in [6.07, 6.45) is 0. The van der Waals surface area contributed by atoms with Gasteiger partial charge in [-0.05, 0) is 42.6 Å². The molecule has 3 rings (SSSR count). The molecule has 0 radical (unpaired) electrons. The summed E-state index contributed by atoms with van der Waals surface area (Å²) in [5.41, 5.74) is 0.560. The van der Waals surface area contributed by atoms with Crippen molar-refractivity contribution in [1.82, 2.24) is 20.1 Å². The van der Waals surface area contributed by atoms with E-state index >= 15 is 0 Å². The number of carbonyl (C=O) groups is 2. The van der Waals surface area contributed by atoms with Crippen LogP contribution in [0.1, 0.15) is 6.92 Å². The maximum Gasteiger partial charge on any atom is 0.325 e. The van der Waals surface area contributed by atoms with Crippen LogP contribution in [0.3, 0.4) is 0 Å². The van der Waals surface area contributed by atoms with Gasteiger partial charge in [-0.25, -0.2) is 4.79 Å². The summed E-state index contributed by atoms with van der Waals surface area (Å²) in [6, 6.07) is 10.2. The minimum Gasteiger partial charge on any atom is -0.497 e. The highest BCUT2D eigenvalue weighted by molar-refractivity contribution is 7.99. The number of aromatic nitrogens is 3. The highest BCUT2D eigenvalue weighted by atomic mass is 32.2. The van der Waals surface area contributed by atoms with Crippen LogP contribution < -0.4 is 15.4 Å². The minimum absolute atomic E-state index is 0.0542. The molecule has 10 heteroatoms. The van der Waals surface area contributed by atoms with E-state index < -0.39 is 11.9 Å². The van der Waals surface area contributed by atoms with Gasteiger partial charge in [0.2, 0.25) is 5.91 Å². The van der Waals surface area contributed by atoms with E-state index in [0.29, 0.717) is 23.1 Å². The first-order chi connectivity index (χ1) is 13.6. The van der Waals surface area contributed by atoms with E-state index in [1.54, 1.807) is 42.7 Å². The van der Waals surface area contributed by atoms with Crippen molar-refractivity contribution in [1.29, 1.82) is 0 Å². The Bertz CT molecular complexity index is 939. The smallest absolute Gasteiger partial charge is 0.325 e. The Morgan fingerprint density at radius 3 is 2.64 bits per heavy atom. The van der Waals surface area contributed by atoms with E-state index in [9.17, 15) is 9.59 Å². The molecule has 2 N–H and O–H groups in total. The van der Waals surface area contributed by atoms with Crippen LogP contribution in [0, 0.1) is 0 Å². The zero-order valence-electron chi connectivity index (χ0n) is 15.3. The molecule has 0 saturated heterocycles. The number of amides is 3. The van der Waals surface area contributed by atoms with Gasteiger partial charge in [0, 0.05) is 12.2 Å². The van der Waals surface area contributed by atoms with Gasteiger partial charge in [0.25, 0.3) is 0 Å². The molecule has 0 bridgehead atoms. The van der Waals surface area contributed by atoms with Crippen LogP contribution in [-0.4, -0.2) is 39.6 Å². The molecule has 0 spiro atoms. The van der Waals surface area contributed by atoms with E-state index in [-0.39, 0.29) is 5.75 Å². The van der Waals surface area contributed by atoms with Gasteiger partial charge in [0.15, 0.2) is 11.0 Å². The fourth-order valence-corrected chi connectivity index (χ4v) is 3.92. The molecule has 3 amide bonds. The van der Waals surface area contributed by atoms with Gasteiger partial charge in [0.05, 0.1) is 17.7 Å². The fourth-order valence-electron chi connectivity index (χ4n) is 2.40. The number of thioether (sulfide) groups is 1. The second-order valence-electron chi connectivity index (χ2n) is 5.55. The highest BCUT2D eigenvalue weighted by Gasteiger charge is 2.16. The summed E-state index contributed by atoms with van der Waals surface area (Å²) >= 11 is 2.82. The topological polar surface area (TPSA) is 98.1 Å². The van der Waals surface area contributed by atoms with Gasteiger partial charge in [-0.2, -0.15) is 0 Å². The van der Waals surface area contributed by atoms with Gasteiger partial charge in [0.1, 0.15) is 5.75 Å². The third kappa shape index (κ3) is 4.90. The predicted molar refractivity (Wildman–Crippen MR) is 110 cm³/mol. The van der Waals surface area contributed by atoms with Gasteiger partial charge in [-0.15, -0.1) is 21.5 Å². The Balaban J connectivity index is 1.53. The molecule has 0 fully saturated rings. The van der Waals surface area contributed by atoms with Gasteiger partial charge >= 0.3 is 6.03 Å². The molecule has 8 nitrogen and oxygen atoms in total. The molecule has 146 valence electrons. The first-order valence-corrected chi connectivity index (χ1v) is 10.3. The predicted octanol–water partition coefficient (Wildman–Crippen LogP) is 3.48. The number of hydrogen-bond donors (Lipinski definition) is 2. The zero-order chi connectivity index (χ0) is 19.9. The number of nitrogens with one attached hydrogen (secondary N) is 2. The van der Waals surface area contributed by atoms with Crippen LogP contribution in [0.4, 0.5) is 10.5 Å². The summed E-state index contributed by atoms with van der Waals surface area (Å²) < 4.78 is 7.00. The molecule has 0 atom stereocenters. The number of imide groups is 1. The molecular weight excluding hydrogens is 398 g/mol. The lowest BCUT2D eigenvalue weighted by molar-refractivity contribution is -0.117. The molecule has 2 aromatic heterocycles. The Labute approximate surface area is 170 Å². The van der Waals surface area contributed by atoms with Crippen molar-refractivity contribution in [2.45, 2.75) is 18.6 Å². The molecule has 0 saturated carbocycles. The van der Waals surface area contributed by atoms with Gasteiger partial charge in [-0.3, -0.25) is 10.1 Å². The number of hydrogen-bond acceptors (Lipinski definition) is 7. The third-order valence-corrected chi connectivity index (χ3v) is 5.54. The van der Waals surface area contributed by atoms with Crippen molar-refractivity contribution in [2.75, 3.05) is 18.2 Å². The van der Waals surface area contributed by atoms with Crippen LogP contribution in [0.5, 0.6) is 5.75 Å². The van der Waals surface area contributed by atoms with E-state index in [4.69, 9.17) is 4.74 Å². The molecule has 0 unspecified atom stereocenters.